The average Bonchev–Trinajstić information content (AvgIpc) is 3.10. The lowest BCUT2D eigenvalue weighted by molar-refractivity contribution is -0.118. The number of nitrogens with zero attached hydrogens (tertiary/aromatic N) is 3. The van der Waals surface area contributed by atoms with Gasteiger partial charge in [0.1, 0.15) is 0 Å². The van der Waals surface area contributed by atoms with Gasteiger partial charge < -0.3 is 9.88 Å². The lowest BCUT2D eigenvalue weighted by atomic mass is 10.2. The highest BCUT2D eigenvalue weighted by Gasteiger charge is 2.27. The number of para-hydroxylation sites is 1. The van der Waals surface area contributed by atoms with E-state index in [0.717, 1.165) is 21.8 Å². The molecular formula is C19H18N4OS. The Morgan fingerprint density at radius 1 is 1.04 bits per heavy atom. The van der Waals surface area contributed by atoms with Gasteiger partial charge in [-0.25, -0.2) is 9.29 Å². The highest BCUT2D eigenvalue weighted by Crippen LogP contribution is 2.36. The van der Waals surface area contributed by atoms with E-state index < -0.39 is 0 Å². The molecule has 2 aromatic carbocycles. The number of carbonyl (C=O) groups is 1. The van der Waals surface area contributed by atoms with Gasteiger partial charge in [-0.1, -0.05) is 42.5 Å². The Hall–Kier alpha value is -2.57. The van der Waals surface area contributed by atoms with Crippen LogP contribution in [0, 0.1) is 0 Å². The third-order valence-corrected chi connectivity index (χ3v) is 5.14. The third kappa shape index (κ3) is 3.60. The van der Waals surface area contributed by atoms with Crippen molar-refractivity contribution in [3.63, 3.8) is 0 Å². The quantitative estimate of drug-likeness (QED) is 0.732. The molecule has 0 fully saturated rings. The smallest absolute Gasteiger partial charge is 0.242 e. The van der Waals surface area contributed by atoms with Gasteiger partial charge in [0.05, 0.1) is 31.6 Å². The van der Waals surface area contributed by atoms with E-state index in [1.54, 1.807) is 24.5 Å². The van der Waals surface area contributed by atoms with Crippen LogP contribution in [0.15, 0.2) is 72.0 Å². The van der Waals surface area contributed by atoms with Gasteiger partial charge in [-0.05, 0) is 29.6 Å². The van der Waals surface area contributed by atoms with Crippen molar-refractivity contribution in [1.29, 1.82) is 0 Å². The lowest BCUT2D eigenvalue weighted by Gasteiger charge is -2.22. The molecule has 0 unspecified atom stereocenters. The van der Waals surface area contributed by atoms with Crippen molar-refractivity contribution in [3.8, 4) is 0 Å². The highest BCUT2D eigenvalue weighted by atomic mass is 32.2. The first kappa shape index (κ1) is 15.9. The van der Waals surface area contributed by atoms with Crippen LogP contribution in [0.25, 0.3) is 0 Å². The molecule has 0 saturated carbocycles. The number of H-pyrrole nitrogens is 1. The molecule has 1 aliphatic rings. The summed E-state index contributed by atoms with van der Waals surface area (Å²) in [6.07, 6.45) is 3.46. The van der Waals surface area contributed by atoms with Gasteiger partial charge in [-0.3, -0.25) is 4.79 Å². The number of hydrogen-bond acceptors (Lipinski definition) is 4. The fraction of sp³-hybridized carbons (Fsp3) is 0.158. The third-order valence-electron chi connectivity index (χ3n) is 4.08. The minimum absolute atomic E-state index is 0.0980. The molecule has 0 bridgehead atoms. The number of benzene rings is 2. The maximum absolute atomic E-state index is 13.0. The van der Waals surface area contributed by atoms with E-state index in [-0.39, 0.29) is 5.91 Å². The van der Waals surface area contributed by atoms with Gasteiger partial charge in [0.25, 0.3) is 0 Å². The fourth-order valence-corrected chi connectivity index (χ4v) is 3.96. The molecule has 0 spiro atoms. The van der Waals surface area contributed by atoms with Crippen LogP contribution in [0.3, 0.4) is 0 Å². The van der Waals surface area contributed by atoms with Crippen LogP contribution in [0.4, 0.5) is 5.69 Å². The predicted molar refractivity (Wildman–Crippen MR) is 98.9 cm³/mol. The second-order valence-electron chi connectivity index (χ2n) is 5.90. The first-order valence-electron chi connectivity index (χ1n) is 8.13. The molecule has 5 nitrogen and oxygen atoms in total. The molecule has 3 aromatic rings. The van der Waals surface area contributed by atoms with Gasteiger partial charge in [-0.2, -0.15) is 0 Å². The summed E-state index contributed by atoms with van der Waals surface area (Å²) in [7, 11) is 0. The topological polar surface area (TPSA) is 52.2 Å². The zero-order valence-corrected chi connectivity index (χ0v) is 14.4. The van der Waals surface area contributed by atoms with E-state index in [0.29, 0.717) is 19.6 Å². The van der Waals surface area contributed by atoms with Crippen LogP contribution in [0.1, 0.15) is 11.3 Å². The Morgan fingerprint density at radius 2 is 1.84 bits per heavy atom. The number of imidazole rings is 1. The van der Waals surface area contributed by atoms with Crippen molar-refractivity contribution in [3.05, 3.63) is 78.4 Å². The summed E-state index contributed by atoms with van der Waals surface area (Å²) in [5, 5.41) is 0. The lowest BCUT2D eigenvalue weighted by Crippen LogP contribution is -2.35. The minimum atomic E-state index is 0.0980. The van der Waals surface area contributed by atoms with Crippen molar-refractivity contribution in [1.82, 2.24) is 14.3 Å². The Balaban J connectivity index is 1.63. The largest absolute Gasteiger partial charge is 0.347 e. The van der Waals surface area contributed by atoms with Crippen LogP contribution in [-0.4, -0.2) is 26.7 Å². The van der Waals surface area contributed by atoms with Gasteiger partial charge in [0, 0.05) is 16.8 Å². The molecule has 6 heteroatoms. The van der Waals surface area contributed by atoms with Gasteiger partial charge in [0.15, 0.2) is 0 Å². The molecular weight excluding hydrogens is 332 g/mol. The minimum Gasteiger partial charge on any atom is -0.347 e. The Kier molecular flexibility index (Phi) is 4.54. The summed E-state index contributed by atoms with van der Waals surface area (Å²) >= 11 is 1.62. The van der Waals surface area contributed by atoms with Gasteiger partial charge in [0.2, 0.25) is 5.91 Å². The number of fused-ring (bicyclic) bond motifs is 1. The van der Waals surface area contributed by atoms with Gasteiger partial charge >= 0.3 is 0 Å². The molecule has 0 saturated heterocycles. The van der Waals surface area contributed by atoms with E-state index in [2.05, 4.69) is 32.5 Å². The van der Waals surface area contributed by atoms with Crippen LogP contribution in [0.2, 0.25) is 0 Å². The van der Waals surface area contributed by atoms with E-state index in [1.165, 1.54) is 0 Å². The number of carbonyl (C=O) groups excluding carboxylic acids is 1. The molecule has 1 aliphatic heterocycles. The van der Waals surface area contributed by atoms with Gasteiger partial charge in [-0.15, -0.1) is 0 Å². The summed E-state index contributed by atoms with van der Waals surface area (Å²) in [5.74, 6) is 0.0980. The molecule has 126 valence electrons. The first-order valence-corrected chi connectivity index (χ1v) is 8.90. The van der Waals surface area contributed by atoms with Crippen LogP contribution in [0.5, 0.6) is 0 Å². The summed E-state index contributed by atoms with van der Waals surface area (Å²) in [6.45, 7) is 1.57. The summed E-state index contributed by atoms with van der Waals surface area (Å²) in [5.41, 5.74) is 3.08. The molecule has 0 atom stereocenters. The Bertz CT molecular complexity index is 851. The van der Waals surface area contributed by atoms with E-state index in [9.17, 15) is 4.79 Å². The average molecular weight is 350 g/mol. The number of hydrogen-bond donors (Lipinski definition) is 1. The molecule has 25 heavy (non-hydrogen) atoms. The first-order chi connectivity index (χ1) is 12.3. The predicted octanol–water partition coefficient (Wildman–Crippen LogP) is 3.47. The monoisotopic (exact) mass is 350 g/mol. The van der Waals surface area contributed by atoms with Crippen molar-refractivity contribution in [2.75, 3.05) is 11.4 Å². The van der Waals surface area contributed by atoms with Crippen LogP contribution < -0.4 is 4.90 Å². The second-order valence-corrected chi connectivity index (χ2v) is 7.04. The van der Waals surface area contributed by atoms with E-state index >= 15 is 0 Å². The summed E-state index contributed by atoms with van der Waals surface area (Å²) in [4.78, 5) is 23.1. The maximum atomic E-state index is 13.0. The van der Waals surface area contributed by atoms with Crippen molar-refractivity contribution in [2.45, 2.75) is 18.0 Å². The fourth-order valence-electron chi connectivity index (χ4n) is 2.89. The number of aromatic amines is 1. The standard InChI is InChI=1S/C19H18N4OS/c24-19-13-22(12-16-10-20-14-21-16)25-18-9-5-4-8-17(18)23(19)11-15-6-2-1-3-7-15/h1-10,14H,11-13H2,(H,20,21). The number of anilines is 1. The van der Waals surface area contributed by atoms with Crippen LogP contribution in [-0.2, 0) is 17.9 Å². The molecule has 4 rings (SSSR count). The molecule has 1 N–H and O–H groups in total. The number of rotatable bonds is 4. The van der Waals surface area contributed by atoms with E-state index in [1.807, 2.05) is 41.3 Å². The Morgan fingerprint density at radius 3 is 2.64 bits per heavy atom. The molecule has 0 aliphatic carbocycles. The van der Waals surface area contributed by atoms with Crippen molar-refractivity contribution < 1.29 is 4.79 Å². The van der Waals surface area contributed by atoms with E-state index in [4.69, 9.17) is 0 Å². The van der Waals surface area contributed by atoms with Crippen molar-refractivity contribution in [2.24, 2.45) is 0 Å². The number of aromatic nitrogens is 2. The zero-order chi connectivity index (χ0) is 17.1. The number of nitrogens with one attached hydrogen (secondary N) is 1. The van der Waals surface area contributed by atoms with Crippen molar-refractivity contribution >= 4 is 23.5 Å². The number of amides is 1. The molecule has 0 radical (unpaired) electrons. The Labute approximate surface area is 150 Å². The SMILES string of the molecule is O=C1CN(Cc2cnc[nH]2)Sc2ccccc2N1Cc1ccccc1. The highest BCUT2D eigenvalue weighted by molar-refractivity contribution is 7.97. The van der Waals surface area contributed by atoms with Crippen LogP contribution >= 0.6 is 11.9 Å². The molecule has 1 amide bonds. The molecule has 1 aromatic heterocycles. The second kappa shape index (κ2) is 7.13. The summed E-state index contributed by atoms with van der Waals surface area (Å²) < 4.78 is 2.07. The maximum Gasteiger partial charge on any atom is 0.242 e. The normalized spacial score (nSPS) is 15.0. The zero-order valence-electron chi connectivity index (χ0n) is 13.6. The molecule has 2 heterocycles. The summed E-state index contributed by atoms with van der Waals surface area (Å²) in [6, 6.07) is 18.2.